The van der Waals surface area contributed by atoms with Gasteiger partial charge in [0.05, 0.1) is 18.0 Å². The van der Waals surface area contributed by atoms with Crippen LogP contribution < -0.4 is 15.6 Å². The molecule has 5 heteroatoms. The Labute approximate surface area is 128 Å². The van der Waals surface area contributed by atoms with Crippen molar-refractivity contribution >= 4 is 16.9 Å². The van der Waals surface area contributed by atoms with Crippen LogP contribution in [0, 0.1) is 0 Å². The van der Waals surface area contributed by atoms with Gasteiger partial charge in [-0.2, -0.15) is 0 Å². The molecular formula is C17H17N3O2. The van der Waals surface area contributed by atoms with Gasteiger partial charge in [-0.25, -0.2) is 4.98 Å². The number of rotatable bonds is 5. The highest BCUT2D eigenvalue weighted by molar-refractivity contribution is 5.78. The summed E-state index contributed by atoms with van der Waals surface area (Å²) in [6.07, 6.45) is 0.834. The molecule has 5 nitrogen and oxygen atoms in total. The number of methoxy groups -OCH3 is 1. The van der Waals surface area contributed by atoms with E-state index in [1.54, 1.807) is 13.2 Å². The van der Waals surface area contributed by atoms with Crippen molar-refractivity contribution in [3.05, 3.63) is 64.4 Å². The predicted octanol–water partition coefficient (Wildman–Crippen LogP) is 2.59. The second-order valence-corrected chi connectivity index (χ2v) is 4.96. The third-order valence-electron chi connectivity index (χ3n) is 3.48. The number of aromatic amines is 1. The van der Waals surface area contributed by atoms with Gasteiger partial charge in [0.25, 0.3) is 5.56 Å². The van der Waals surface area contributed by atoms with Gasteiger partial charge in [0.15, 0.2) is 0 Å². The van der Waals surface area contributed by atoms with Gasteiger partial charge < -0.3 is 10.1 Å². The molecule has 22 heavy (non-hydrogen) atoms. The molecule has 112 valence electrons. The van der Waals surface area contributed by atoms with Gasteiger partial charge >= 0.3 is 0 Å². The van der Waals surface area contributed by atoms with E-state index in [9.17, 15) is 4.79 Å². The maximum atomic E-state index is 12.0. The summed E-state index contributed by atoms with van der Waals surface area (Å²) in [6, 6.07) is 15.2. The van der Waals surface area contributed by atoms with Crippen LogP contribution in [0.5, 0.6) is 5.75 Å². The fourth-order valence-electron chi connectivity index (χ4n) is 2.29. The number of ether oxygens (including phenoxy) is 1. The summed E-state index contributed by atoms with van der Waals surface area (Å²) in [6.45, 7) is 0.688. The Morgan fingerprint density at radius 3 is 2.68 bits per heavy atom. The Hall–Kier alpha value is -2.82. The number of nitrogens with zero attached hydrogens (tertiary/aromatic N) is 1. The smallest absolute Gasteiger partial charge is 0.260 e. The lowest BCUT2D eigenvalue weighted by molar-refractivity contribution is 0.414. The van der Waals surface area contributed by atoms with Crippen LogP contribution in [0.2, 0.25) is 0 Å². The molecule has 2 N–H and O–H groups in total. The molecule has 3 rings (SSSR count). The molecule has 0 spiro atoms. The summed E-state index contributed by atoms with van der Waals surface area (Å²) < 4.78 is 5.13. The number of fused-ring (bicyclic) bond motifs is 1. The number of hydrogen-bond acceptors (Lipinski definition) is 4. The molecule has 0 radical (unpaired) electrons. The SMILES string of the molecule is COc1ccc(CCNc2nc3ccccc3c(=O)[nH]2)cc1. The van der Waals surface area contributed by atoms with Gasteiger partial charge in [0.2, 0.25) is 5.95 Å². The van der Waals surface area contributed by atoms with Crippen molar-refractivity contribution in [1.29, 1.82) is 0 Å². The average molecular weight is 295 g/mol. The largest absolute Gasteiger partial charge is 0.497 e. The zero-order valence-corrected chi connectivity index (χ0v) is 12.3. The van der Waals surface area contributed by atoms with Crippen molar-refractivity contribution in [1.82, 2.24) is 9.97 Å². The van der Waals surface area contributed by atoms with E-state index >= 15 is 0 Å². The molecule has 0 aliphatic carbocycles. The molecule has 3 aromatic rings. The molecule has 0 amide bonds. The monoisotopic (exact) mass is 295 g/mol. The average Bonchev–Trinajstić information content (AvgIpc) is 2.56. The van der Waals surface area contributed by atoms with Gasteiger partial charge in [0.1, 0.15) is 5.75 Å². The number of benzene rings is 2. The van der Waals surface area contributed by atoms with Gasteiger partial charge in [-0.15, -0.1) is 0 Å². The number of H-pyrrole nitrogens is 1. The molecule has 1 aromatic heterocycles. The summed E-state index contributed by atoms with van der Waals surface area (Å²) in [5.41, 5.74) is 1.76. The fourth-order valence-corrected chi connectivity index (χ4v) is 2.29. The molecule has 0 aliphatic heterocycles. The molecule has 0 aliphatic rings. The van der Waals surface area contributed by atoms with E-state index in [1.165, 1.54) is 5.56 Å². The van der Waals surface area contributed by atoms with E-state index in [1.807, 2.05) is 42.5 Å². The summed E-state index contributed by atoms with van der Waals surface area (Å²) in [4.78, 5) is 19.1. The van der Waals surface area contributed by atoms with Gasteiger partial charge in [-0.1, -0.05) is 24.3 Å². The highest BCUT2D eigenvalue weighted by atomic mass is 16.5. The maximum Gasteiger partial charge on any atom is 0.260 e. The van der Waals surface area contributed by atoms with Crippen LogP contribution in [0.4, 0.5) is 5.95 Å². The number of aromatic nitrogens is 2. The standard InChI is InChI=1S/C17H17N3O2/c1-22-13-8-6-12(7-9-13)10-11-18-17-19-15-5-3-2-4-14(15)16(21)20-17/h2-9H,10-11H2,1H3,(H2,18,19,20,21). The van der Waals surface area contributed by atoms with Gasteiger partial charge in [0, 0.05) is 6.54 Å². The lowest BCUT2D eigenvalue weighted by Crippen LogP contribution is -2.14. The second kappa shape index (κ2) is 6.30. The molecule has 0 saturated carbocycles. The van der Waals surface area contributed by atoms with Crippen molar-refractivity contribution in [2.24, 2.45) is 0 Å². The Kier molecular flexibility index (Phi) is 4.05. The van der Waals surface area contributed by atoms with Crippen LogP contribution in [0.1, 0.15) is 5.56 Å². The van der Waals surface area contributed by atoms with Gasteiger partial charge in [-0.3, -0.25) is 9.78 Å². The quantitative estimate of drug-likeness (QED) is 0.759. The van der Waals surface area contributed by atoms with Gasteiger partial charge in [-0.05, 0) is 36.2 Å². The van der Waals surface area contributed by atoms with Crippen molar-refractivity contribution in [3.63, 3.8) is 0 Å². The molecule has 0 atom stereocenters. The van der Waals surface area contributed by atoms with E-state index < -0.39 is 0 Å². The lowest BCUT2D eigenvalue weighted by atomic mass is 10.1. The molecule has 2 aromatic carbocycles. The zero-order valence-electron chi connectivity index (χ0n) is 12.3. The Balaban J connectivity index is 1.67. The maximum absolute atomic E-state index is 12.0. The number of para-hydroxylation sites is 1. The number of nitrogens with one attached hydrogen (secondary N) is 2. The van der Waals surface area contributed by atoms with Crippen LogP contribution in [0.15, 0.2) is 53.3 Å². The van der Waals surface area contributed by atoms with E-state index in [2.05, 4.69) is 15.3 Å². The minimum absolute atomic E-state index is 0.127. The summed E-state index contributed by atoms with van der Waals surface area (Å²) in [5, 5.41) is 3.76. The topological polar surface area (TPSA) is 67.0 Å². The molecule has 1 heterocycles. The highest BCUT2D eigenvalue weighted by Crippen LogP contribution is 2.12. The second-order valence-electron chi connectivity index (χ2n) is 4.96. The fraction of sp³-hybridized carbons (Fsp3) is 0.176. The number of hydrogen-bond donors (Lipinski definition) is 2. The highest BCUT2D eigenvalue weighted by Gasteiger charge is 2.02. The molecule has 0 bridgehead atoms. The van der Waals surface area contributed by atoms with Crippen molar-refractivity contribution in [3.8, 4) is 5.75 Å². The zero-order chi connectivity index (χ0) is 15.4. The summed E-state index contributed by atoms with van der Waals surface area (Å²) in [5.74, 6) is 1.34. The van der Waals surface area contributed by atoms with Crippen LogP contribution >= 0.6 is 0 Å². The first kappa shape index (κ1) is 14.1. The molecule has 0 saturated heterocycles. The van der Waals surface area contributed by atoms with Crippen LogP contribution in [-0.4, -0.2) is 23.6 Å². The Bertz CT molecular complexity index is 825. The van der Waals surface area contributed by atoms with Crippen molar-refractivity contribution in [2.75, 3.05) is 19.0 Å². The molecule has 0 fully saturated rings. The van der Waals surface area contributed by atoms with Crippen molar-refractivity contribution in [2.45, 2.75) is 6.42 Å². The minimum atomic E-state index is -0.127. The van der Waals surface area contributed by atoms with E-state index in [4.69, 9.17) is 4.74 Å². The Morgan fingerprint density at radius 2 is 1.91 bits per heavy atom. The third-order valence-corrected chi connectivity index (χ3v) is 3.48. The first-order valence-electron chi connectivity index (χ1n) is 7.12. The normalized spacial score (nSPS) is 10.6. The minimum Gasteiger partial charge on any atom is -0.497 e. The third kappa shape index (κ3) is 3.09. The summed E-state index contributed by atoms with van der Waals surface area (Å²) in [7, 11) is 1.65. The molecular weight excluding hydrogens is 278 g/mol. The lowest BCUT2D eigenvalue weighted by Gasteiger charge is -2.07. The Morgan fingerprint density at radius 1 is 1.14 bits per heavy atom. The van der Waals surface area contributed by atoms with Crippen LogP contribution in [0.3, 0.4) is 0 Å². The first-order valence-corrected chi connectivity index (χ1v) is 7.12. The predicted molar refractivity (Wildman–Crippen MR) is 87.6 cm³/mol. The van der Waals surface area contributed by atoms with Crippen LogP contribution in [0.25, 0.3) is 10.9 Å². The number of anilines is 1. The van der Waals surface area contributed by atoms with E-state index in [-0.39, 0.29) is 5.56 Å². The van der Waals surface area contributed by atoms with E-state index in [0.29, 0.717) is 23.4 Å². The molecule has 0 unspecified atom stereocenters. The van der Waals surface area contributed by atoms with Crippen molar-refractivity contribution < 1.29 is 4.74 Å². The summed E-state index contributed by atoms with van der Waals surface area (Å²) >= 11 is 0. The first-order chi connectivity index (χ1) is 10.8. The van der Waals surface area contributed by atoms with Crippen LogP contribution in [-0.2, 0) is 6.42 Å². The van der Waals surface area contributed by atoms with E-state index in [0.717, 1.165) is 12.2 Å².